The number of nitrogens with zero attached hydrogens (tertiary/aromatic N) is 1. The highest BCUT2D eigenvalue weighted by molar-refractivity contribution is 7.13. The van der Waals surface area contributed by atoms with Gasteiger partial charge in [-0.05, 0) is 31.7 Å². The number of aromatic nitrogens is 1. The minimum Gasteiger partial charge on any atom is -0.496 e. The van der Waals surface area contributed by atoms with Crippen molar-refractivity contribution in [2.24, 2.45) is 0 Å². The van der Waals surface area contributed by atoms with Crippen LogP contribution in [-0.2, 0) is 6.42 Å². The Hall–Kier alpha value is -1.39. The number of aryl methyl sites for hydroxylation is 2. The Morgan fingerprint density at radius 2 is 2.05 bits per heavy atom. The molecule has 0 aromatic carbocycles. The average Bonchev–Trinajstić information content (AvgIpc) is 2.74. The molecule has 0 bridgehead atoms. The van der Waals surface area contributed by atoms with Gasteiger partial charge >= 0.3 is 0 Å². The molecule has 0 saturated heterocycles. The fourth-order valence-electron chi connectivity index (χ4n) is 2.10. The fraction of sp³-hybridized carbons (Fsp3) is 0.333. The summed E-state index contributed by atoms with van der Waals surface area (Å²) in [5.74, 6) is 0.783. The first-order chi connectivity index (χ1) is 9.45. The maximum absolute atomic E-state index is 12.3. The highest BCUT2D eigenvalue weighted by Crippen LogP contribution is 2.30. The van der Waals surface area contributed by atoms with Gasteiger partial charge in [0, 0.05) is 17.3 Å². The maximum atomic E-state index is 12.3. The SMILES string of the molecule is COc1c(C)cnc(CC(=O)c2scc(C)c2Cl)c1C. The molecule has 2 aromatic heterocycles. The van der Waals surface area contributed by atoms with Crippen molar-refractivity contribution >= 4 is 28.7 Å². The number of ketones is 1. The Labute approximate surface area is 127 Å². The van der Waals surface area contributed by atoms with E-state index in [4.69, 9.17) is 16.3 Å². The van der Waals surface area contributed by atoms with E-state index in [2.05, 4.69) is 4.98 Å². The Kier molecular flexibility index (Phi) is 4.45. The summed E-state index contributed by atoms with van der Waals surface area (Å²) in [5, 5.41) is 2.45. The first-order valence-electron chi connectivity index (χ1n) is 6.21. The Bertz CT molecular complexity index is 664. The second-order valence-electron chi connectivity index (χ2n) is 4.71. The molecule has 0 aliphatic carbocycles. The summed E-state index contributed by atoms with van der Waals surface area (Å²) < 4.78 is 5.36. The molecule has 0 amide bonds. The van der Waals surface area contributed by atoms with E-state index in [0.29, 0.717) is 9.90 Å². The van der Waals surface area contributed by atoms with Crippen molar-refractivity contribution in [1.29, 1.82) is 0 Å². The van der Waals surface area contributed by atoms with Crippen LogP contribution in [0, 0.1) is 20.8 Å². The molecule has 0 radical (unpaired) electrons. The third kappa shape index (κ3) is 2.72. The molecule has 2 rings (SSSR count). The number of hydrogen-bond donors (Lipinski definition) is 0. The van der Waals surface area contributed by atoms with E-state index in [1.54, 1.807) is 13.3 Å². The van der Waals surface area contributed by atoms with Gasteiger partial charge in [-0.15, -0.1) is 11.3 Å². The second-order valence-corrected chi connectivity index (χ2v) is 5.97. The molecule has 20 heavy (non-hydrogen) atoms. The lowest BCUT2D eigenvalue weighted by atomic mass is 10.1. The number of carbonyl (C=O) groups is 1. The number of hydrogen-bond acceptors (Lipinski definition) is 4. The van der Waals surface area contributed by atoms with Crippen molar-refractivity contribution in [3.63, 3.8) is 0 Å². The molecule has 2 aromatic rings. The Morgan fingerprint density at radius 3 is 2.60 bits per heavy atom. The van der Waals surface area contributed by atoms with Gasteiger partial charge in [0.05, 0.1) is 29.1 Å². The van der Waals surface area contributed by atoms with E-state index >= 15 is 0 Å². The lowest BCUT2D eigenvalue weighted by Gasteiger charge is -2.11. The van der Waals surface area contributed by atoms with E-state index in [0.717, 1.165) is 28.1 Å². The van der Waals surface area contributed by atoms with Crippen molar-refractivity contribution in [1.82, 2.24) is 4.98 Å². The first-order valence-corrected chi connectivity index (χ1v) is 7.47. The van der Waals surface area contributed by atoms with Crippen LogP contribution >= 0.6 is 22.9 Å². The molecule has 106 valence electrons. The molecule has 0 unspecified atom stereocenters. The van der Waals surface area contributed by atoms with E-state index in [1.165, 1.54) is 11.3 Å². The standard InChI is InChI=1S/C15H16ClNO2S/c1-8-6-17-11(10(3)14(8)19-4)5-12(18)15-13(16)9(2)7-20-15/h6-7H,5H2,1-4H3. The second kappa shape index (κ2) is 5.94. The normalized spacial score (nSPS) is 10.7. The van der Waals surface area contributed by atoms with Gasteiger partial charge < -0.3 is 4.74 Å². The van der Waals surface area contributed by atoms with Crippen LogP contribution in [0.4, 0.5) is 0 Å². The van der Waals surface area contributed by atoms with Gasteiger partial charge in [-0.2, -0.15) is 0 Å². The van der Waals surface area contributed by atoms with Crippen molar-refractivity contribution in [2.75, 3.05) is 7.11 Å². The summed E-state index contributed by atoms with van der Waals surface area (Å²) in [5.41, 5.74) is 3.54. The molecular weight excluding hydrogens is 294 g/mol. The average molecular weight is 310 g/mol. The molecule has 0 aliphatic heterocycles. The quantitative estimate of drug-likeness (QED) is 0.796. The van der Waals surface area contributed by atoms with Gasteiger partial charge in [-0.25, -0.2) is 0 Å². The molecule has 2 heterocycles. The highest BCUT2D eigenvalue weighted by Gasteiger charge is 2.18. The summed E-state index contributed by atoms with van der Waals surface area (Å²) in [7, 11) is 1.63. The van der Waals surface area contributed by atoms with Crippen LogP contribution in [0.3, 0.4) is 0 Å². The number of halogens is 1. The number of rotatable bonds is 4. The minimum atomic E-state index is -0.00499. The van der Waals surface area contributed by atoms with E-state index in [9.17, 15) is 4.79 Å². The summed E-state index contributed by atoms with van der Waals surface area (Å²) in [6, 6.07) is 0. The summed E-state index contributed by atoms with van der Waals surface area (Å²) in [6.07, 6.45) is 1.97. The number of pyridine rings is 1. The van der Waals surface area contributed by atoms with E-state index in [-0.39, 0.29) is 12.2 Å². The van der Waals surface area contributed by atoms with Crippen LogP contribution in [0.25, 0.3) is 0 Å². The smallest absolute Gasteiger partial charge is 0.180 e. The molecule has 0 saturated carbocycles. The van der Waals surface area contributed by atoms with Crippen molar-refractivity contribution < 1.29 is 9.53 Å². The van der Waals surface area contributed by atoms with Crippen LogP contribution in [0.15, 0.2) is 11.6 Å². The zero-order chi connectivity index (χ0) is 14.9. The van der Waals surface area contributed by atoms with E-state index < -0.39 is 0 Å². The third-order valence-electron chi connectivity index (χ3n) is 3.23. The Balaban J connectivity index is 2.31. The number of ether oxygens (including phenoxy) is 1. The van der Waals surface area contributed by atoms with Crippen LogP contribution < -0.4 is 4.74 Å². The van der Waals surface area contributed by atoms with Gasteiger partial charge in [-0.3, -0.25) is 9.78 Å². The number of Topliss-reactive ketones (excluding diaryl/α,β-unsaturated/α-hetero) is 1. The zero-order valence-electron chi connectivity index (χ0n) is 11.9. The number of methoxy groups -OCH3 is 1. The van der Waals surface area contributed by atoms with Crippen molar-refractivity contribution in [3.8, 4) is 5.75 Å². The van der Waals surface area contributed by atoms with Crippen LogP contribution in [-0.4, -0.2) is 17.9 Å². The molecule has 0 aliphatic rings. The van der Waals surface area contributed by atoms with Crippen LogP contribution in [0.1, 0.15) is 32.1 Å². The van der Waals surface area contributed by atoms with Gasteiger partial charge in [0.2, 0.25) is 0 Å². The van der Waals surface area contributed by atoms with E-state index in [1.807, 2.05) is 26.2 Å². The van der Waals surface area contributed by atoms with Gasteiger partial charge in [0.15, 0.2) is 5.78 Å². The lowest BCUT2D eigenvalue weighted by Crippen LogP contribution is -2.07. The topological polar surface area (TPSA) is 39.2 Å². The predicted octanol–water partition coefficient (Wildman–Crippen LogP) is 4.16. The largest absolute Gasteiger partial charge is 0.496 e. The molecule has 0 spiro atoms. The monoisotopic (exact) mass is 309 g/mol. The summed E-state index contributed by atoms with van der Waals surface area (Å²) in [4.78, 5) is 17.3. The summed E-state index contributed by atoms with van der Waals surface area (Å²) in [6.45, 7) is 5.75. The highest BCUT2D eigenvalue weighted by atomic mass is 35.5. The number of thiophene rings is 1. The molecule has 3 nitrogen and oxygen atoms in total. The molecule has 0 atom stereocenters. The molecule has 0 N–H and O–H groups in total. The number of carbonyl (C=O) groups excluding carboxylic acids is 1. The maximum Gasteiger partial charge on any atom is 0.180 e. The van der Waals surface area contributed by atoms with Crippen LogP contribution in [0.2, 0.25) is 5.02 Å². The van der Waals surface area contributed by atoms with Crippen molar-refractivity contribution in [2.45, 2.75) is 27.2 Å². The van der Waals surface area contributed by atoms with Gasteiger partial charge in [0.25, 0.3) is 0 Å². The summed E-state index contributed by atoms with van der Waals surface area (Å²) >= 11 is 7.52. The molecular formula is C15H16ClNO2S. The molecule has 0 fully saturated rings. The van der Waals surface area contributed by atoms with Crippen LogP contribution in [0.5, 0.6) is 5.75 Å². The van der Waals surface area contributed by atoms with Crippen molar-refractivity contribution in [3.05, 3.63) is 43.9 Å². The Morgan fingerprint density at radius 1 is 1.35 bits per heavy atom. The fourth-order valence-corrected chi connectivity index (χ4v) is 3.34. The van der Waals surface area contributed by atoms with Gasteiger partial charge in [0.1, 0.15) is 5.75 Å². The molecule has 5 heteroatoms. The first kappa shape index (κ1) is 15.0. The zero-order valence-corrected chi connectivity index (χ0v) is 13.5. The minimum absolute atomic E-state index is 0.00499. The van der Waals surface area contributed by atoms with Gasteiger partial charge in [-0.1, -0.05) is 11.6 Å². The predicted molar refractivity (Wildman–Crippen MR) is 82.4 cm³/mol. The third-order valence-corrected chi connectivity index (χ3v) is 4.97. The lowest BCUT2D eigenvalue weighted by molar-refractivity contribution is 0.0995.